The molecule has 0 aliphatic heterocycles. The molecule has 26 heavy (non-hydrogen) atoms. The van der Waals surface area contributed by atoms with Gasteiger partial charge in [-0.15, -0.1) is 0 Å². The quantitative estimate of drug-likeness (QED) is 0.551. The fourth-order valence-corrected chi connectivity index (χ4v) is 3.00. The van der Waals surface area contributed by atoms with Crippen molar-refractivity contribution in [2.45, 2.75) is 53.0 Å². The molecule has 0 aliphatic rings. The summed E-state index contributed by atoms with van der Waals surface area (Å²) in [5, 5.41) is 15.3. The van der Waals surface area contributed by atoms with Crippen LogP contribution in [0.15, 0.2) is 36.0 Å². The normalized spacial score (nSPS) is 12.3. The molecule has 1 aromatic carbocycles. The maximum atomic E-state index is 12.2. The van der Waals surface area contributed by atoms with Gasteiger partial charge in [-0.2, -0.15) is 5.26 Å². The van der Waals surface area contributed by atoms with E-state index in [1.165, 1.54) is 6.20 Å². The van der Waals surface area contributed by atoms with E-state index in [1.54, 1.807) is 7.11 Å². The zero-order chi connectivity index (χ0) is 19.8. The van der Waals surface area contributed by atoms with Gasteiger partial charge in [-0.3, -0.25) is 4.79 Å². The standard InChI is InChI=1S/C21H31N3O2/c1-20(2,3)15-21(4,5)24-14-17(13-22)19(25)23-12-11-16-7-9-18(26-6)10-8-16/h7-10,14,24H,11-12,15H2,1-6H3,(H,23,25)/b17-14-. The smallest absolute Gasteiger partial charge is 0.263 e. The summed E-state index contributed by atoms with van der Waals surface area (Å²) in [6.07, 6.45) is 3.13. The number of methoxy groups -OCH3 is 1. The van der Waals surface area contributed by atoms with E-state index < -0.39 is 0 Å². The van der Waals surface area contributed by atoms with Crippen LogP contribution in [-0.2, 0) is 11.2 Å². The van der Waals surface area contributed by atoms with E-state index in [0.717, 1.165) is 17.7 Å². The number of nitrogens with zero attached hydrogens (tertiary/aromatic N) is 1. The lowest BCUT2D eigenvalue weighted by Gasteiger charge is -2.33. The van der Waals surface area contributed by atoms with Gasteiger partial charge in [0.1, 0.15) is 17.4 Å². The monoisotopic (exact) mass is 357 g/mol. The van der Waals surface area contributed by atoms with Crippen LogP contribution in [-0.4, -0.2) is 25.1 Å². The van der Waals surface area contributed by atoms with Crippen LogP contribution < -0.4 is 15.4 Å². The highest BCUT2D eigenvalue weighted by Gasteiger charge is 2.24. The fourth-order valence-electron chi connectivity index (χ4n) is 3.00. The zero-order valence-corrected chi connectivity index (χ0v) is 16.8. The number of hydrogen-bond acceptors (Lipinski definition) is 4. The van der Waals surface area contributed by atoms with Crippen LogP contribution in [0, 0.1) is 16.7 Å². The van der Waals surface area contributed by atoms with Crippen LogP contribution in [0.3, 0.4) is 0 Å². The number of carbonyl (C=O) groups is 1. The Kier molecular flexibility index (Phi) is 7.70. The molecule has 1 amide bonds. The number of carbonyl (C=O) groups excluding carboxylic acids is 1. The minimum absolute atomic E-state index is 0.0849. The summed E-state index contributed by atoms with van der Waals surface area (Å²) in [5.41, 5.74) is 1.13. The van der Waals surface area contributed by atoms with E-state index in [4.69, 9.17) is 4.74 Å². The van der Waals surface area contributed by atoms with Crippen molar-refractivity contribution in [3.05, 3.63) is 41.6 Å². The average Bonchev–Trinajstić information content (AvgIpc) is 2.53. The second-order valence-corrected chi connectivity index (χ2v) is 8.29. The molecule has 0 saturated heterocycles. The van der Waals surface area contributed by atoms with E-state index in [-0.39, 0.29) is 22.4 Å². The highest BCUT2D eigenvalue weighted by Crippen LogP contribution is 2.26. The molecular formula is C21H31N3O2. The molecule has 5 heteroatoms. The molecule has 0 bridgehead atoms. The van der Waals surface area contributed by atoms with E-state index in [9.17, 15) is 10.1 Å². The molecule has 0 fully saturated rings. The predicted octanol–water partition coefficient (Wildman–Crippen LogP) is 3.57. The van der Waals surface area contributed by atoms with Gasteiger partial charge in [0, 0.05) is 18.3 Å². The van der Waals surface area contributed by atoms with E-state index in [2.05, 4.69) is 45.3 Å². The number of nitrogens with one attached hydrogen (secondary N) is 2. The number of benzene rings is 1. The van der Waals surface area contributed by atoms with Gasteiger partial charge in [-0.1, -0.05) is 32.9 Å². The van der Waals surface area contributed by atoms with Crippen molar-refractivity contribution < 1.29 is 9.53 Å². The first-order valence-corrected chi connectivity index (χ1v) is 8.85. The first-order chi connectivity index (χ1) is 12.1. The lowest BCUT2D eigenvalue weighted by atomic mass is 9.82. The second-order valence-electron chi connectivity index (χ2n) is 8.29. The summed E-state index contributed by atoms with van der Waals surface area (Å²) < 4.78 is 5.12. The summed E-state index contributed by atoms with van der Waals surface area (Å²) in [7, 11) is 1.63. The minimum atomic E-state index is -0.361. The Labute approximate surface area is 157 Å². The Morgan fingerprint density at radius 3 is 2.31 bits per heavy atom. The summed E-state index contributed by atoms with van der Waals surface area (Å²) in [5.74, 6) is 0.441. The van der Waals surface area contributed by atoms with Gasteiger partial charge in [0.25, 0.3) is 5.91 Å². The van der Waals surface area contributed by atoms with Crippen LogP contribution in [0.4, 0.5) is 0 Å². The zero-order valence-electron chi connectivity index (χ0n) is 16.8. The molecule has 1 aromatic rings. The molecule has 2 N–H and O–H groups in total. The van der Waals surface area contributed by atoms with Crippen LogP contribution in [0.25, 0.3) is 0 Å². The molecule has 0 spiro atoms. The topological polar surface area (TPSA) is 74.1 Å². The van der Waals surface area contributed by atoms with Crippen LogP contribution in [0.5, 0.6) is 5.75 Å². The molecule has 0 unspecified atom stereocenters. The largest absolute Gasteiger partial charge is 0.497 e. The maximum Gasteiger partial charge on any atom is 0.263 e. The highest BCUT2D eigenvalue weighted by atomic mass is 16.5. The summed E-state index contributed by atoms with van der Waals surface area (Å²) in [4.78, 5) is 12.2. The summed E-state index contributed by atoms with van der Waals surface area (Å²) in [6.45, 7) is 11.1. The SMILES string of the molecule is COc1ccc(CCNC(=O)/C(C#N)=C\NC(C)(C)CC(C)(C)C)cc1. The lowest BCUT2D eigenvalue weighted by Crippen LogP contribution is -2.40. The third-order valence-electron chi connectivity index (χ3n) is 3.80. The molecule has 0 aromatic heterocycles. The molecular weight excluding hydrogens is 326 g/mol. The molecule has 0 radical (unpaired) electrons. The van der Waals surface area contributed by atoms with E-state index >= 15 is 0 Å². The number of rotatable bonds is 8. The highest BCUT2D eigenvalue weighted by molar-refractivity contribution is 5.97. The molecule has 142 valence electrons. The van der Waals surface area contributed by atoms with Gasteiger partial charge in [0.15, 0.2) is 0 Å². The van der Waals surface area contributed by atoms with Gasteiger partial charge < -0.3 is 15.4 Å². The summed E-state index contributed by atoms with van der Waals surface area (Å²) >= 11 is 0. The molecule has 0 atom stereocenters. The Morgan fingerprint density at radius 1 is 1.19 bits per heavy atom. The minimum Gasteiger partial charge on any atom is -0.497 e. The maximum absolute atomic E-state index is 12.2. The molecule has 1 rings (SSSR count). The van der Waals surface area contributed by atoms with Gasteiger partial charge in [-0.05, 0) is 49.8 Å². The van der Waals surface area contributed by atoms with Crippen molar-refractivity contribution in [3.8, 4) is 11.8 Å². The van der Waals surface area contributed by atoms with Crippen LogP contribution in [0.2, 0.25) is 0 Å². The van der Waals surface area contributed by atoms with E-state index in [0.29, 0.717) is 13.0 Å². The first-order valence-electron chi connectivity index (χ1n) is 8.85. The van der Waals surface area contributed by atoms with Crippen molar-refractivity contribution in [1.29, 1.82) is 5.26 Å². The number of amides is 1. The first kappa shape index (κ1) is 21.6. The van der Waals surface area contributed by atoms with Crippen molar-refractivity contribution in [2.24, 2.45) is 5.41 Å². The van der Waals surface area contributed by atoms with E-state index in [1.807, 2.05) is 30.3 Å². The van der Waals surface area contributed by atoms with Gasteiger partial charge in [-0.25, -0.2) is 0 Å². The van der Waals surface area contributed by atoms with Crippen molar-refractivity contribution >= 4 is 5.91 Å². The van der Waals surface area contributed by atoms with Gasteiger partial charge in [0.2, 0.25) is 0 Å². The molecule has 5 nitrogen and oxygen atoms in total. The lowest BCUT2D eigenvalue weighted by molar-refractivity contribution is -0.117. The second kappa shape index (κ2) is 9.28. The predicted molar refractivity (Wildman–Crippen MR) is 105 cm³/mol. The fraction of sp³-hybridized carbons (Fsp3) is 0.524. The Morgan fingerprint density at radius 2 is 1.81 bits per heavy atom. The molecule has 0 aliphatic carbocycles. The Hall–Kier alpha value is -2.48. The number of hydrogen-bond donors (Lipinski definition) is 2. The summed E-state index contributed by atoms with van der Waals surface area (Å²) in [6, 6.07) is 9.67. The number of ether oxygens (including phenoxy) is 1. The van der Waals surface area contributed by atoms with Crippen molar-refractivity contribution in [1.82, 2.24) is 10.6 Å². The Bertz CT molecular complexity index is 662. The molecule has 0 saturated carbocycles. The van der Waals surface area contributed by atoms with Gasteiger partial charge in [0.05, 0.1) is 7.11 Å². The van der Waals surface area contributed by atoms with Crippen LogP contribution >= 0.6 is 0 Å². The number of nitriles is 1. The van der Waals surface area contributed by atoms with Gasteiger partial charge >= 0.3 is 0 Å². The molecule has 0 heterocycles. The van der Waals surface area contributed by atoms with Crippen LogP contribution in [0.1, 0.15) is 46.6 Å². The Balaban J connectivity index is 2.55. The third-order valence-corrected chi connectivity index (χ3v) is 3.80. The van der Waals surface area contributed by atoms with Crippen molar-refractivity contribution in [3.63, 3.8) is 0 Å². The third kappa shape index (κ3) is 8.06. The average molecular weight is 357 g/mol. The van der Waals surface area contributed by atoms with Crippen molar-refractivity contribution in [2.75, 3.05) is 13.7 Å².